The highest BCUT2D eigenvalue weighted by Crippen LogP contribution is 2.36. The second kappa shape index (κ2) is 2.80. The number of nitrogens with one attached hydrogen (secondary N) is 1. The van der Waals surface area contributed by atoms with Crippen molar-refractivity contribution in [2.45, 2.75) is 19.9 Å². The number of hydrogen-bond acceptors (Lipinski definition) is 2. The van der Waals surface area contributed by atoms with Crippen molar-refractivity contribution < 1.29 is 0 Å². The lowest BCUT2D eigenvalue weighted by atomic mass is 10.2. The second-order valence-electron chi connectivity index (χ2n) is 3.55. The van der Waals surface area contributed by atoms with Crippen LogP contribution in [0.5, 0.6) is 0 Å². The van der Waals surface area contributed by atoms with Crippen LogP contribution in [0.25, 0.3) is 0 Å². The molecule has 0 fully saturated rings. The molecular weight excluding hydrogens is 160 g/mol. The average molecular weight is 174 g/mol. The Hall–Kier alpha value is -1.44. The maximum atomic E-state index is 3.99. The standard InChI is InChI=1S/C11H14N2/c1-8(2)13-9(3)12-10-6-4-5-7-11(10)13/h4-8,12H,3H2,1-2H3. The maximum Gasteiger partial charge on any atom is 0.103 e. The minimum absolute atomic E-state index is 0.448. The molecular formula is C11H14N2. The van der Waals surface area contributed by atoms with E-state index < -0.39 is 0 Å². The molecule has 1 aliphatic rings. The van der Waals surface area contributed by atoms with Gasteiger partial charge in [-0.3, -0.25) is 0 Å². The summed E-state index contributed by atoms with van der Waals surface area (Å²) in [7, 11) is 0. The van der Waals surface area contributed by atoms with Gasteiger partial charge in [0, 0.05) is 6.04 Å². The lowest BCUT2D eigenvalue weighted by Gasteiger charge is -2.23. The molecule has 0 aromatic heterocycles. The number of nitrogens with zero attached hydrogens (tertiary/aromatic N) is 1. The van der Waals surface area contributed by atoms with Crippen molar-refractivity contribution >= 4 is 11.4 Å². The van der Waals surface area contributed by atoms with E-state index in [0.717, 1.165) is 11.5 Å². The number of rotatable bonds is 1. The van der Waals surface area contributed by atoms with Crippen molar-refractivity contribution in [3.63, 3.8) is 0 Å². The van der Waals surface area contributed by atoms with Crippen LogP contribution >= 0.6 is 0 Å². The summed E-state index contributed by atoms with van der Waals surface area (Å²) in [5, 5.41) is 3.26. The molecule has 13 heavy (non-hydrogen) atoms. The number of fused-ring (bicyclic) bond motifs is 1. The molecule has 1 heterocycles. The highest BCUT2D eigenvalue weighted by atomic mass is 15.3. The molecule has 1 N–H and O–H groups in total. The van der Waals surface area contributed by atoms with Crippen LogP contribution in [0, 0.1) is 0 Å². The van der Waals surface area contributed by atoms with Gasteiger partial charge in [0.05, 0.1) is 11.4 Å². The van der Waals surface area contributed by atoms with Crippen molar-refractivity contribution in [1.82, 2.24) is 0 Å². The Kier molecular flexibility index (Phi) is 1.76. The monoisotopic (exact) mass is 174 g/mol. The number of hydrogen-bond donors (Lipinski definition) is 1. The first-order chi connectivity index (χ1) is 6.20. The molecule has 1 aromatic rings. The Balaban J connectivity index is 2.46. The third-order valence-electron chi connectivity index (χ3n) is 2.25. The first-order valence-corrected chi connectivity index (χ1v) is 4.54. The van der Waals surface area contributed by atoms with E-state index in [-0.39, 0.29) is 0 Å². The Labute approximate surface area is 78.9 Å². The van der Waals surface area contributed by atoms with Crippen molar-refractivity contribution in [1.29, 1.82) is 0 Å². The molecule has 0 saturated carbocycles. The van der Waals surface area contributed by atoms with Gasteiger partial charge in [0.25, 0.3) is 0 Å². The van der Waals surface area contributed by atoms with Gasteiger partial charge < -0.3 is 10.2 Å². The predicted octanol–water partition coefficient (Wildman–Crippen LogP) is 2.80. The van der Waals surface area contributed by atoms with Gasteiger partial charge >= 0.3 is 0 Å². The van der Waals surface area contributed by atoms with E-state index in [1.54, 1.807) is 0 Å². The number of benzene rings is 1. The second-order valence-corrected chi connectivity index (χ2v) is 3.55. The van der Waals surface area contributed by atoms with Crippen molar-refractivity contribution in [2.75, 3.05) is 10.2 Å². The van der Waals surface area contributed by atoms with Gasteiger partial charge in [-0.25, -0.2) is 0 Å². The minimum Gasteiger partial charge on any atom is -0.340 e. The van der Waals surface area contributed by atoms with Crippen LogP contribution in [0.2, 0.25) is 0 Å². The third kappa shape index (κ3) is 1.18. The van der Waals surface area contributed by atoms with Crippen LogP contribution in [0.15, 0.2) is 36.7 Å². The quantitative estimate of drug-likeness (QED) is 0.704. The van der Waals surface area contributed by atoms with Gasteiger partial charge in [-0.05, 0) is 26.0 Å². The summed E-state index contributed by atoms with van der Waals surface area (Å²) < 4.78 is 0. The molecule has 2 rings (SSSR count). The van der Waals surface area contributed by atoms with Gasteiger partial charge in [0.2, 0.25) is 0 Å². The Morgan fingerprint density at radius 3 is 2.69 bits per heavy atom. The van der Waals surface area contributed by atoms with E-state index >= 15 is 0 Å². The van der Waals surface area contributed by atoms with Crippen LogP contribution in [0.1, 0.15) is 13.8 Å². The van der Waals surface area contributed by atoms with Crippen LogP contribution in [-0.2, 0) is 0 Å². The molecule has 1 aliphatic heterocycles. The number of para-hydroxylation sites is 2. The zero-order valence-electron chi connectivity index (χ0n) is 8.04. The minimum atomic E-state index is 0.448. The van der Waals surface area contributed by atoms with Crippen molar-refractivity contribution in [3.8, 4) is 0 Å². The average Bonchev–Trinajstić information content (AvgIpc) is 2.39. The predicted molar refractivity (Wildman–Crippen MR) is 56.8 cm³/mol. The summed E-state index contributed by atoms with van der Waals surface area (Å²) in [5.74, 6) is 0.969. The molecule has 2 heteroatoms. The van der Waals surface area contributed by atoms with Gasteiger partial charge in [-0.1, -0.05) is 18.7 Å². The lowest BCUT2D eigenvalue weighted by molar-refractivity contribution is 0.772. The van der Waals surface area contributed by atoms with Crippen molar-refractivity contribution in [2.24, 2.45) is 0 Å². The summed E-state index contributed by atoms with van der Waals surface area (Å²) in [4.78, 5) is 2.20. The molecule has 0 bridgehead atoms. The molecule has 0 saturated heterocycles. The zero-order chi connectivity index (χ0) is 9.42. The molecule has 0 radical (unpaired) electrons. The highest BCUT2D eigenvalue weighted by molar-refractivity contribution is 5.80. The molecule has 1 aromatic carbocycles. The fourth-order valence-corrected chi connectivity index (χ4v) is 1.74. The SMILES string of the molecule is C=C1Nc2ccccc2N1C(C)C. The fourth-order valence-electron chi connectivity index (χ4n) is 1.74. The molecule has 0 unspecified atom stereocenters. The normalized spacial score (nSPS) is 14.7. The van der Waals surface area contributed by atoms with E-state index in [1.165, 1.54) is 5.69 Å². The van der Waals surface area contributed by atoms with Crippen molar-refractivity contribution in [3.05, 3.63) is 36.7 Å². The first-order valence-electron chi connectivity index (χ1n) is 4.54. The summed E-state index contributed by atoms with van der Waals surface area (Å²) in [6.45, 7) is 8.31. The largest absolute Gasteiger partial charge is 0.340 e. The third-order valence-corrected chi connectivity index (χ3v) is 2.25. The van der Waals surface area contributed by atoms with Gasteiger partial charge in [-0.15, -0.1) is 0 Å². The molecule has 68 valence electrons. The molecule has 0 atom stereocenters. The van der Waals surface area contributed by atoms with E-state index in [1.807, 2.05) is 6.07 Å². The van der Waals surface area contributed by atoms with Crippen LogP contribution in [0.3, 0.4) is 0 Å². The molecule has 0 amide bonds. The zero-order valence-corrected chi connectivity index (χ0v) is 8.04. The molecule has 0 aliphatic carbocycles. The topological polar surface area (TPSA) is 15.3 Å². The lowest BCUT2D eigenvalue weighted by Crippen LogP contribution is -2.27. The van der Waals surface area contributed by atoms with E-state index in [9.17, 15) is 0 Å². The summed E-state index contributed by atoms with van der Waals surface area (Å²) in [6, 6.07) is 8.71. The highest BCUT2D eigenvalue weighted by Gasteiger charge is 2.23. The van der Waals surface area contributed by atoms with Crippen LogP contribution < -0.4 is 10.2 Å². The van der Waals surface area contributed by atoms with Crippen LogP contribution in [0.4, 0.5) is 11.4 Å². The summed E-state index contributed by atoms with van der Waals surface area (Å²) in [6.07, 6.45) is 0. The Morgan fingerprint density at radius 2 is 2.00 bits per heavy atom. The van der Waals surface area contributed by atoms with E-state index in [2.05, 4.69) is 48.8 Å². The number of anilines is 2. The van der Waals surface area contributed by atoms with Gasteiger partial charge in [0.1, 0.15) is 5.82 Å². The smallest absolute Gasteiger partial charge is 0.103 e. The molecule has 2 nitrogen and oxygen atoms in total. The van der Waals surface area contributed by atoms with Gasteiger partial charge in [0.15, 0.2) is 0 Å². The first kappa shape index (κ1) is 8.17. The van der Waals surface area contributed by atoms with E-state index in [4.69, 9.17) is 0 Å². The van der Waals surface area contributed by atoms with Gasteiger partial charge in [-0.2, -0.15) is 0 Å². The summed E-state index contributed by atoms with van der Waals surface area (Å²) in [5.41, 5.74) is 2.38. The molecule has 0 spiro atoms. The van der Waals surface area contributed by atoms with E-state index in [0.29, 0.717) is 6.04 Å². The maximum absolute atomic E-state index is 3.99. The Bertz CT molecular complexity index is 342. The summed E-state index contributed by atoms with van der Waals surface area (Å²) >= 11 is 0. The Morgan fingerprint density at radius 1 is 1.31 bits per heavy atom. The van der Waals surface area contributed by atoms with Crippen LogP contribution in [-0.4, -0.2) is 6.04 Å². The fraction of sp³-hybridized carbons (Fsp3) is 0.273.